The first-order valence-corrected chi connectivity index (χ1v) is 8.12. The number of rotatable bonds is 4. The van der Waals surface area contributed by atoms with E-state index in [1.807, 2.05) is 25.1 Å². The van der Waals surface area contributed by atoms with Crippen LogP contribution in [0.2, 0.25) is 0 Å². The predicted molar refractivity (Wildman–Crippen MR) is 82.8 cm³/mol. The van der Waals surface area contributed by atoms with Gasteiger partial charge >= 0.3 is 0 Å². The van der Waals surface area contributed by atoms with E-state index in [0.29, 0.717) is 11.4 Å². The number of benzene rings is 1. The molecule has 6 nitrogen and oxygen atoms in total. The number of hydrogen-bond donors (Lipinski definition) is 2. The van der Waals surface area contributed by atoms with Gasteiger partial charge in [-0.25, -0.2) is 13.4 Å². The maximum atomic E-state index is 12.3. The summed E-state index contributed by atoms with van der Waals surface area (Å²) in [6, 6.07) is 7.15. The average Bonchev–Trinajstić information content (AvgIpc) is 2.69. The maximum absolute atomic E-state index is 12.3. The quantitative estimate of drug-likeness (QED) is 0.900. The van der Waals surface area contributed by atoms with Crippen LogP contribution in [0.1, 0.15) is 5.69 Å². The van der Waals surface area contributed by atoms with Crippen molar-refractivity contribution in [2.24, 2.45) is 0 Å². The lowest BCUT2D eigenvalue weighted by Crippen LogP contribution is -2.14. The summed E-state index contributed by atoms with van der Waals surface area (Å²) in [7, 11) is 0.123. The Hall–Kier alpha value is -1.80. The maximum Gasteiger partial charge on any atom is 0.273 e. The molecule has 0 fully saturated rings. The highest BCUT2D eigenvalue weighted by atomic mass is 32.2. The van der Waals surface area contributed by atoms with Crippen molar-refractivity contribution in [2.45, 2.75) is 11.1 Å². The van der Waals surface area contributed by atoms with Gasteiger partial charge in [0.1, 0.15) is 0 Å². The molecule has 0 bridgehead atoms. The molecule has 1 heterocycles. The molecule has 0 radical (unpaired) electrons. The third kappa shape index (κ3) is 3.02. The number of thiazole rings is 1. The number of sulfonamides is 1. The molecule has 2 rings (SSSR count). The second kappa shape index (κ2) is 5.29. The Kier molecular flexibility index (Phi) is 3.87. The average molecular weight is 312 g/mol. The number of nitrogens with zero attached hydrogens (tertiary/aromatic N) is 2. The molecule has 0 saturated heterocycles. The number of nitrogens with one attached hydrogen (secondary N) is 1. The van der Waals surface area contributed by atoms with E-state index in [-0.39, 0.29) is 9.34 Å². The van der Waals surface area contributed by atoms with Gasteiger partial charge in [-0.15, -0.1) is 0 Å². The van der Waals surface area contributed by atoms with Gasteiger partial charge in [-0.3, -0.25) is 4.72 Å². The summed E-state index contributed by atoms with van der Waals surface area (Å²) in [6.45, 7) is 1.62. The molecular weight excluding hydrogens is 296 g/mol. The minimum absolute atomic E-state index is 0.144. The van der Waals surface area contributed by atoms with Crippen LogP contribution in [0, 0.1) is 6.92 Å². The Bertz CT molecular complexity index is 723. The zero-order valence-electron chi connectivity index (χ0n) is 11.4. The lowest BCUT2D eigenvalue weighted by molar-refractivity contribution is 0.602. The van der Waals surface area contributed by atoms with E-state index in [0.717, 1.165) is 17.0 Å². The molecule has 1 aromatic carbocycles. The fourth-order valence-electron chi connectivity index (χ4n) is 1.70. The molecule has 0 aliphatic rings. The standard InChI is InChI=1S/C12H16N4O2S2/c1-8-11(19-12(13)14-8)20(17,18)15-9-5-4-6-10(7-9)16(2)3/h4-7,15H,1-3H3,(H2,13,14). The lowest BCUT2D eigenvalue weighted by atomic mass is 10.3. The molecule has 1 aromatic heterocycles. The summed E-state index contributed by atoms with van der Waals surface area (Å²) in [6.07, 6.45) is 0. The van der Waals surface area contributed by atoms with Crippen molar-refractivity contribution in [3.05, 3.63) is 30.0 Å². The summed E-state index contributed by atoms with van der Waals surface area (Å²) in [5, 5.41) is 0.241. The molecule has 0 amide bonds. The Balaban J connectivity index is 2.33. The summed E-state index contributed by atoms with van der Waals surface area (Å²) in [5.41, 5.74) is 7.36. The van der Waals surface area contributed by atoms with E-state index < -0.39 is 10.0 Å². The molecule has 0 aliphatic heterocycles. The van der Waals surface area contributed by atoms with E-state index in [9.17, 15) is 8.42 Å². The monoisotopic (exact) mass is 312 g/mol. The highest BCUT2D eigenvalue weighted by molar-refractivity contribution is 7.94. The Morgan fingerprint density at radius 2 is 2.05 bits per heavy atom. The number of nitrogen functional groups attached to an aromatic ring is 1. The molecule has 108 valence electrons. The van der Waals surface area contributed by atoms with Crippen LogP contribution in [0.25, 0.3) is 0 Å². The zero-order valence-corrected chi connectivity index (χ0v) is 13.0. The number of hydrogen-bond acceptors (Lipinski definition) is 6. The Morgan fingerprint density at radius 3 is 2.60 bits per heavy atom. The Labute approximate surface area is 122 Å². The van der Waals surface area contributed by atoms with Crippen LogP contribution in [-0.4, -0.2) is 27.5 Å². The van der Waals surface area contributed by atoms with Gasteiger partial charge in [0, 0.05) is 19.8 Å². The molecule has 0 saturated carbocycles. The molecule has 20 heavy (non-hydrogen) atoms. The van der Waals surface area contributed by atoms with Gasteiger partial charge < -0.3 is 10.6 Å². The van der Waals surface area contributed by atoms with Crippen LogP contribution in [0.4, 0.5) is 16.5 Å². The summed E-state index contributed by atoms with van der Waals surface area (Å²) < 4.78 is 27.3. The fraction of sp³-hybridized carbons (Fsp3) is 0.250. The first-order chi connectivity index (χ1) is 9.29. The highest BCUT2D eigenvalue weighted by Gasteiger charge is 2.21. The second-order valence-electron chi connectivity index (χ2n) is 4.48. The van der Waals surface area contributed by atoms with Crippen LogP contribution in [-0.2, 0) is 10.0 Å². The van der Waals surface area contributed by atoms with Gasteiger partial charge in [-0.2, -0.15) is 0 Å². The molecule has 0 atom stereocenters. The van der Waals surface area contributed by atoms with Crippen LogP contribution >= 0.6 is 11.3 Å². The van der Waals surface area contributed by atoms with Gasteiger partial charge in [-0.1, -0.05) is 17.4 Å². The van der Waals surface area contributed by atoms with Crippen molar-refractivity contribution in [3.8, 4) is 0 Å². The van der Waals surface area contributed by atoms with E-state index in [2.05, 4.69) is 9.71 Å². The number of aryl methyl sites for hydroxylation is 1. The highest BCUT2D eigenvalue weighted by Crippen LogP contribution is 2.27. The van der Waals surface area contributed by atoms with Crippen molar-refractivity contribution < 1.29 is 8.42 Å². The predicted octanol–water partition coefficient (Wildman–Crippen LogP) is 1.90. The summed E-state index contributed by atoms with van der Waals surface area (Å²) >= 11 is 0.957. The Morgan fingerprint density at radius 1 is 1.35 bits per heavy atom. The normalized spacial score (nSPS) is 11.3. The topological polar surface area (TPSA) is 88.3 Å². The molecule has 0 aliphatic carbocycles. The van der Waals surface area contributed by atoms with E-state index in [1.165, 1.54) is 0 Å². The van der Waals surface area contributed by atoms with Crippen LogP contribution in [0.5, 0.6) is 0 Å². The molecular formula is C12H16N4O2S2. The van der Waals surface area contributed by atoms with Crippen molar-refractivity contribution in [1.29, 1.82) is 0 Å². The minimum atomic E-state index is -3.66. The third-order valence-electron chi connectivity index (χ3n) is 2.63. The van der Waals surface area contributed by atoms with Gasteiger partial charge in [0.05, 0.1) is 11.4 Å². The van der Waals surface area contributed by atoms with Gasteiger partial charge in [0.2, 0.25) is 0 Å². The van der Waals surface area contributed by atoms with Crippen LogP contribution in [0.3, 0.4) is 0 Å². The van der Waals surface area contributed by atoms with Crippen molar-refractivity contribution in [1.82, 2.24) is 4.98 Å². The minimum Gasteiger partial charge on any atom is -0.378 e. The fourth-order valence-corrected chi connectivity index (χ4v) is 4.05. The number of nitrogens with two attached hydrogens (primary N) is 1. The van der Waals surface area contributed by atoms with E-state index in [1.54, 1.807) is 25.1 Å². The van der Waals surface area contributed by atoms with Crippen molar-refractivity contribution >= 4 is 37.9 Å². The number of aromatic nitrogens is 1. The van der Waals surface area contributed by atoms with Crippen molar-refractivity contribution in [3.63, 3.8) is 0 Å². The van der Waals surface area contributed by atoms with E-state index in [4.69, 9.17) is 5.73 Å². The van der Waals surface area contributed by atoms with Gasteiger partial charge in [-0.05, 0) is 25.1 Å². The van der Waals surface area contributed by atoms with Gasteiger partial charge in [0.25, 0.3) is 10.0 Å². The second-order valence-corrected chi connectivity index (χ2v) is 7.38. The largest absolute Gasteiger partial charge is 0.378 e. The first-order valence-electron chi connectivity index (χ1n) is 5.83. The zero-order chi connectivity index (χ0) is 14.9. The summed E-state index contributed by atoms with van der Waals surface area (Å²) in [5.74, 6) is 0. The molecule has 2 aromatic rings. The number of anilines is 3. The van der Waals surface area contributed by atoms with E-state index >= 15 is 0 Å². The summed E-state index contributed by atoms with van der Waals surface area (Å²) in [4.78, 5) is 5.83. The molecule has 3 N–H and O–H groups in total. The van der Waals surface area contributed by atoms with Crippen LogP contribution < -0.4 is 15.4 Å². The van der Waals surface area contributed by atoms with Gasteiger partial charge in [0.15, 0.2) is 9.34 Å². The first kappa shape index (κ1) is 14.6. The lowest BCUT2D eigenvalue weighted by Gasteiger charge is -2.14. The molecule has 0 spiro atoms. The third-order valence-corrected chi connectivity index (χ3v) is 5.61. The van der Waals surface area contributed by atoms with Crippen molar-refractivity contribution in [2.75, 3.05) is 29.5 Å². The molecule has 0 unspecified atom stereocenters. The van der Waals surface area contributed by atoms with Crippen LogP contribution in [0.15, 0.2) is 28.5 Å². The molecule has 8 heteroatoms. The smallest absolute Gasteiger partial charge is 0.273 e. The SMILES string of the molecule is Cc1nc(N)sc1S(=O)(=O)Nc1cccc(N(C)C)c1.